The molecule has 6 nitrogen and oxygen atoms in total. The standard InChI is InChI=1S/C23H20N4O2/c1-3-27(4-2)18-10-9-15-11-16(23(28)29-21(15)13-18)12-17(14-24)22-25-19-7-5-6-8-20(19)26-22/h5-13H,3-4H2,1-2H3,(H,25,26)/b17-12+. The fraction of sp³-hybridized carbons (Fsp3) is 0.174. The molecule has 0 saturated carbocycles. The van der Waals surface area contributed by atoms with Gasteiger partial charge in [-0.3, -0.25) is 0 Å². The van der Waals surface area contributed by atoms with Crippen LogP contribution in [-0.2, 0) is 0 Å². The monoisotopic (exact) mass is 384 g/mol. The van der Waals surface area contributed by atoms with Crippen LogP contribution in [0.4, 0.5) is 5.69 Å². The van der Waals surface area contributed by atoms with Crippen LogP contribution in [0.25, 0.3) is 33.7 Å². The summed E-state index contributed by atoms with van der Waals surface area (Å²) in [6, 6.07) is 17.2. The number of imidazole rings is 1. The lowest BCUT2D eigenvalue weighted by molar-refractivity contribution is 0.559. The Labute approximate surface area is 167 Å². The van der Waals surface area contributed by atoms with Crippen LogP contribution < -0.4 is 10.5 Å². The molecule has 0 saturated heterocycles. The largest absolute Gasteiger partial charge is 0.422 e. The molecule has 0 unspecified atom stereocenters. The Morgan fingerprint density at radius 2 is 2.00 bits per heavy atom. The molecular formula is C23H20N4O2. The Kier molecular flexibility index (Phi) is 4.88. The zero-order valence-electron chi connectivity index (χ0n) is 16.3. The van der Waals surface area contributed by atoms with E-state index in [-0.39, 0.29) is 5.57 Å². The molecule has 2 aromatic carbocycles. The average Bonchev–Trinajstić information content (AvgIpc) is 3.17. The van der Waals surface area contributed by atoms with Crippen LogP contribution in [0.1, 0.15) is 25.2 Å². The molecular weight excluding hydrogens is 364 g/mol. The van der Waals surface area contributed by atoms with Crippen molar-refractivity contribution in [3.8, 4) is 6.07 Å². The zero-order valence-corrected chi connectivity index (χ0v) is 16.3. The number of anilines is 1. The molecule has 4 aromatic rings. The number of hydrogen-bond acceptors (Lipinski definition) is 5. The number of H-pyrrole nitrogens is 1. The summed E-state index contributed by atoms with van der Waals surface area (Å²) in [7, 11) is 0. The number of nitrogens with zero attached hydrogens (tertiary/aromatic N) is 3. The molecule has 1 N–H and O–H groups in total. The Morgan fingerprint density at radius 1 is 1.21 bits per heavy atom. The minimum absolute atomic E-state index is 0.271. The van der Waals surface area contributed by atoms with Crippen molar-refractivity contribution in [3.05, 3.63) is 70.3 Å². The van der Waals surface area contributed by atoms with E-state index in [0.717, 1.165) is 35.2 Å². The van der Waals surface area contributed by atoms with Crippen LogP contribution in [-0.4, -0.2) is 23.1 Å². The molecule has 2 aromatic heterocycles. The molecule has 2 heterocycles. The molecule has 6 heteroatoms. The van der Waals surface area contributed by atoms with Gasteiger partial charge in [-0.1, -0.05) is 12.1 Å². The minimum atomic E-state index is -0.488. The average molecular weight is 384 g/mol. The van der Waals surface area contributed by atoms with E-state index in [1.54, 1.807) is 6.07 Å². The van der Waals surface area contributed by atoms with Crippen molar-refractivity contribution in [2.24, 2.45) is 0 Å². The molecule has 0 fully saturated rings. The molecule has 0 aliphatic carbocycles. The maximum atomic E-state index is 12.5. The molecule has 4 rings (SSSR count). The van der Waals surface area contributed by atoms with Gasteiger partial charge in [-0.2, -0.15) is 5.26 Å². The molecule has 0 atom stereocenters. The van der Waals surface area contributed by atoms with Crippen LogP contribution in [0.5, 0.6) is 0 Å². The lowest BCUT2D eigenvalue weighted by atomic mass is 10.1. The highest BCUT2D eigenvalue weighted by atomic mass is 16.4. The fourth-order valence-electron chi connectivity index (χ4n) is 3.39. The van der Waals surface area contributed by atoms with Crippen molar-refractivity contribution < 1.29 is 4.42 Å². The molecule has 0 aliphatic rings. The van der Waals surface area contributed by atoms with Gasteiger partial charge in [-0.05, 0) is 50.3 Å². The first kappa shape index (κ1) is 18.5. The van der Waals surface area contributed by atoms with Crippen molar-refractivity contribution in [2.75, 3.05) is 18.0 Å². The second-order valence-electron chi connectivity index (χ2n) is 6.66. The maximum Gasteiger partial charge on any atom is 0.343 e. The van der Waals surface area contributed by atoms with Crippen LogP contribution in [0, 0.1) is 11.3 Å². The Hall–Kier alpha value is -3.85. The van der Waals surface area contributed by atoms with E-state index in [1.165, 1.54) is 6.08 Å². The number of aromatic amines is 1. The number of nitrogens with one attached hydrogen (secondary N) is 1. The normalized spacial score (nSPS) is 11.7. The number of hydrogen-bond donors (Lipinski definition) is 1. The summed E-state index contributed by atoms with van der Waals surface area (Å²) in [5.74, 6) is 0.421. The topological polar surface area (TPSA) is 85.9 Å². The second-order valence-corrected chi connectivity index (χ2v) is 6.66. The Balaban J connectivity index is 1.78. The molecule has 0 amide bonds. The van der Waals surface area contributed by atoms with Crippen molar-refractivity contribution >= 4 is 39.3 Å². The molecule has 29 heavy (non-hydrogen) atoms. The number of nitriles is 1. The first-order valence-corrected chi connectivity index (χ1v) is 9.52. The molecule has 0 spiro atoms. The summed E-state index contributed by atoms with van der Waals surface area (Å²) in [4.78, 5) is 22.3. The summed E-state index contributed by atoms with van der Waals surface area (Å²) < 4.78 is 5.55. The zero-order chi connectivity index (χ0) is 20.4. The van der Waals surface area contributed by atoms with Crippen molar-refractivity contribution in [1.29, 1.82) is 5.26 Å². The lowest BCUT2D eigenvalue weighted by Crippen LogP contribution is -2.21. The van der Waals surface area contributed by atoms with E-state index in [4.69, 9.17) is 4.42 Å². The molecule has 144 valence electrons. The molecule has 0 aliphatic heterocycles. The lowest BCUT2D eigenvalue weighted by Gasteiger charge is -2.20. The number of para-hydroxylation sites is 2. The van der Waals surface area contributed by atoms with Gasteiger partial charge in [0.05, 0.1) is 22.2 Å². The summed E-state index contributed by atoms with van der Waals surface area (Å²) in [5.41, 5.74) is 3.22. The SMILES string of the molecule is CCN(CC)c1ccc2cc(/C=C(\C#N)c3nc4ccccc4[nH]3)c(=O)oc2c1. The summed E-state index contributed by atoms with van der Waals surface area (Å²) in [6.45, 7) is 5.91. The number of aromatic nitrogens is 2. The minimum Gasteiger partial charge on any atom is -0.422 e. The predicted molar refractivity (Wildman–Crippen MR) is 116 cm³/mol. The van der Waals surface area contributed by atoms with E-state index in [9.17, 15) is 10.1 Å². The third-order valence-electron chi connectivity index (χ3n) is 4.94. The van der Waals surface area contributed by atoms with Crippen LogP contribution in [0.15, 0.2) is 57.7 Å². The van der Waals surface area contributed by atoms with E-state index in [1.807, 2.05) is 42.5 Å². The van der Waals surface area contributed by atoms with E-state index in [2.05, 4.69) is 34.8 Å². The van der Waals surface area contributed by atoms with Gasteiger partial charge in [0.2, 0.25) is 0 Å². The van der Waals surface area contributed by atoms with Gasteiger partial charge in [0.25, 0.3) is 0 Å². The van der Waals surface area contributed by atoms with Gasteiger partial charge < -0.3 is 14.3 Å². The van der Waals surface area contributed by atoms with Crippen LogP contribution in [0.3, 0.4) is 0 Å². The van der Waals surface area contributed by atoms with Gasteiger partial charge in [0, 0.05) is 30.2 Å². The van der Waals surface area contributed by atoms with Crippen LogP contribution >= 0.6 is 0 Å². The number of benzene rings is 2. The highest BCUT2D eigenvalue weighted by Crippen LogP contribution is 2.24. The number of allylic oxidation sites excluding steroid dienone is 1. The second kappa shape index (κ2) is 7.64. The number of rotatable bonds is 5. The van der Waals surface area contributed by atoms with Gasteiger partial charge in [-0.15, -0.1) is 0 Å². The van der Waals surface area contributed by atoms with Crippen molar-refractivity contribution in [3.63, 3.8) is 0 Å². The van der Waals surface area contributed by atoms with Gasteiger partial charge in [-0.25, -0.2) is 9.78 Å². The van der Waals surface area contributed by atoms with Gasteiger partial charge in [0.1, 0.15) is 17.5 Å². The first-order valence-electron chi connectivity index (χ1n) is 9.52. The quantitative estimate of drug-likeness (QED) is 0.402. The summed E-state index contributed by atoms with van der Waals surface area (Å²) in [5, 5.41) is 10.4. The fourth-order valence-corrected chi connectivity index (χ4v) is 3.39. The van der Waals surface area contributed by atoms with Crippen molar-refractivity contribution in [2.45, 2.75) is 13.8 Å². The number of fused-ring (bicyclic) bond motifs is 2. The van der Waals surface area contributed by atoms with Gasteiger partial charge >= 0.3 is 5.63 Å². The Morgan fingerprint density at radius 3 is 2.72 bits per heavy atom. The summed E-state index contributed by atoms with van der Waals surface area (Å²) in [6.07, 6.45) is 1.52. The van der Waals surface area contributed by atoms with E-state index in [0.29, 0.717) is 17.0 Å². The van der Waals surface area contributed by atoms with Crippen LogP contribution in [0.2, 0.25) is 0 Å². The highest BCUT2D eigenvalue weighted by Gasteiger charge is 2.11. The predicted octanol–water partition coefficient (Wildman–Crippen LogP) is 4.58. The van der Waals surface area contributed by atoms with E-state index < -0.39 is 5.63 Å². The molecule has 0 bridgehead atoms. The van der Waals surface area contributed by atoms with Crippen molar-refractivity contribution in [1.82, 2.24) is 9.97 Å². The smallest absolute Gasteiger partial charge is 0.343 e. The third-order valence-corrected chi connectivity index (χ3v) is 4.94. The van der Waals surface area contributed by atoms with E-state index >= 15 is 0 Å². The highest BCUT2D eigenvalue weighted by molar-refractivity contribution is 5.91. The third kappa shape index (κ3) is 3.50. The maximum absolute atomic E-state index is 12.5. The Bertz CT molecular complexity index is 1290. The summed E-state index contributed by atoms with van der Waals surface area (Å²) >= 11 is 0. The van der Waals surface area contributed by atoms with Gasteiger partial charge in [0.15, 0.2) is 0 Å². The first-order chi connectivity index (χ1) is 14.1. The molecule has 0 radical (unpaired) electrons.